The van der Waals surface area contributed by atoms with Gasteiger partial charge in [0.1, 0.15) is 0 Å². The summed E-state index contributed by atoms with van der Waals surface area (Å²) < 4.78 is 23.1. The molecule has 0 saturated carbocycles. The van der Waals surface area contributed by atoms with Gasteiger partial charge >= 0.3 is 0 Å². The second kappa shape index (κ2) is 8.45. The van der Waals surface area contributed by atoms with Crippen molar-refractivity contribution in [2.24, 2.45) is 0 Å². The predicted molar refractivity (Wildman–Crippen MR) is 72.9 cm³/mol. The van der Waals surface area contributed by atoms with Crippen LogP contribution < -0.4 is 0 Å². The van der Waals surface area contributed by atoms with Crippen LogP contribution in [0.3, 0.4) is 0 Å². The molecule has 0 aliphatic carbocycles. The lowest BCUT2D eigenvalue weighted by Gasteiger charge is -2.12. The van der Waals surface area contributed by atoms with Gasteiger partial charge in [-0.3, -0.25) is 8.78 Å². The van der Waals surface area contributed by atoms with Crippen molar-refractivity contribution >= 4 is 16.1 Å². The molecule has 0 N–H and O–H groups in total. The maximum absolute atomic E-state index is 11.5. The highest BCUT2D eigenvalue weighted by molar-refractivity contribution is 6.76. The molecule has 0 saturated heterocycles. The third-order valence-corrected chi connectivity index (χ3v) is 5.45. The van der Waals surface area contributed by atoms with E-state index >= 15 is 0 Å². The first-order chi connectivity index (χ1) is 6.62. The summed E-state index contributed by atoms with van der Waals surface area (Å²) in [7, 11) is -1.95. The lowest BCUT2D eigenvalue weighted by atomic mass is 10.6. The van der Waals surface area contributed by atoms with Crippen LogP contribution in [-0.4, -0.2) is 29.5 Å². The van der Waals surface area contributed by atoms with E-state index in [9.17, 15) is 8.78 Å². The zero-order chi connectivity index (χ0) is 12.5. The van der Waals surface area contributed by atoms with Crippen LogP contribution in [0.15, 0.2) is 0 Å². The number of halogens is 2. The number of rotatable bonds is 5. The van der Waals surface area contributed by atoms with Gasteiger partial charge in [0.05, 0.1) is 13.3 Å². The van der Waals surface area contributed by atoms with Gasteiger partial charge < -0.3 is 0 Å². The van der Waals surface area contributed by atoms with Crippen LogP contribution in [0.1, 0.15) is 6.42 Å². The smallest absolute Gasteiger partial charge is 0.0891 e. The number of alkyl halides is 2. The van der Waals surface area contributed by atoms with Crippen LogP contribution >= 0.6 is 0 Å². The number of hydrogen-bond donors (Lipinski definition) is 0. The molecule has 0 aromatic rings. The van der Waals surface area contributed by atoms with E-state index < -0.39 is 16.1 Å². The summed E-state index contributed by atoms with van der Waals surface area (Å²) >= 11 is 0. The SMILES string of the molecule is C[Si](C)(C)CCCF.C[Si](C)(C)CCF. The largest absolute Gasteiger partial charge is 0.251 e. The Balaban J connectivity index is 0. The molecule has 0 rings (SSSR count). The molecule has 0 aliphatic rings. The molecule has 0 amide bonds. The Bertz CT molecular complexity index is 137. The van der Waals surface area contributed by atoms with Gasteiger partial charge in [-0.05, 0) is 12.5 Å². The molecule has 94 valence electrons. The van der Waals surface area contributed by atoms with Gasteiger partial charge in [-0.1, -0.05) is 45.3 Å². The molecule has 0 aromatic heterocycles. The van der Waals surface area contributed by atoms with Gasteiger partial charge in [0.25, 0.3) is 0 Å². The van der Waals surface area contributed by atoms with Crippen molar-refractivity contribution in [3.8, 4) is 0 Å². The maximum Gasteiger partial charge on any atom is 0.0891 e. The highest BCUT2D eigenvalue weighted by Crippen LogP contribution is 2.10. The van der Waals surface area contributed by atoms with E-state index in [0.717, 1.165) is 18.5 Å². The highest BCUT2D eigenvalue weighted by atomic mass is 28.3. The number of hydrogen-bond acceptors (Lipinski definition) is 0. The van der Waals surface area contributed by atoms with Crippen LogP contribution in [0.5, 0.6) is 0 Å². The summed E-state index contributed by atoms with van der Waals surface area (Å²) in [6.45, 7) is 13.1. The molecule has 0 fully saturated rings. The Hall–Kier alpha value is 0.294. The average Bonchev–Trinajstić information content (AvgIpc) is 1.98. The minimum Gasteiger partial charge on any atom is -0.251 e. The molecular weight excluding hydrogens is 226 g/mol. The molecule has 4 heteroatoms. The quantitative estimate of drug-likeness (QED) is 0.607. The zero-order valence-electron chi connectivity index (χ0n) is 11.3. The minimum absolute atomic E-state index is 0.129. The normalized spacial score (nSPS) is 12.0. The van der Waals surface area contributed by atoms with E-state index in [-0.39, 0.29) is 13.3 Å². The van der Waals surface area contributed by atoms with Gasteiger partial charge in [-0.25, -0.2) is 0 Å². The standard InChI is InChI=1S/C6H15FSi.C5H13FSi/c1-8(2,3)6-4-5-7;1-7(2,3)5-4-6/h4-6H2,1-3H3;4-5H2,1-3H3. The van der Waals surface area contributed by atoms with Crippen LogP contribution in [0.2, 0.25) is 51.4 Å². The molecule has 0 heterocycles. The van der Waals surface area contributed by atoms with Crippen molar-refractivity contribution in [2.45, 2.75) is 57.8 Å². The van der Waals surface area contributed by atoms with Gasteiger partial charge in [0.2, 0.25) is 0 Å². The lowest BCUT2D eigenvalue weighted by molar-refractivity contribution is 0.485. The Kier molecular flexibility index (Phi) is 9.96. The van der Waals surface area contributed by atoms with Crippen LogP contribution in [-0.2, 0) is 0 Å². The molecule has 0 bridgehead atoms. The summed E-state index contributed by atoms with van der Waals surface area (Å²) in [6.07, 6.45) is 0.774. The van der Waals surface area contributed by atoms with Gasteiger partial charge in [-0.15, -0.1) is 0 Å². The summed E-state index contributed by atoms with van der Waals surface area (Å²) in [4.78, 5) is 0. The van der Waals surface area contributed by atoms with Gasteiger partial charge in [0, 0.05) is 16.1 Å². The van der Waals surface area contributed by atoms with E-state index in [2.05, 4.69) is 39.3 Å². The Labute approximate surface area is 96.5 Å². The Morgan fingerprint density at radius 2 is 1.07 bits per heavy atom. The minimum atomic E-state index is -1.03. The first kappa shape index (κ1) is 17.7. The molecule has 0 spiro atoms. The fraction of sp³-hybridized carbons (Fsp3) is 1.00. The summed E-state index contributed by atoms with van der Waals surface area (Å²) in [5, 5.41) is 0. The summed E-state index contributed by atoms with van der Waals surface area (Å²) in [5.41, 5.74) is 0. The molecular formula is C11H28F2Si2. The van der Waals surface area contributed by atoms with Gasteiger partial charge in [-0.2, -0.15) is 0 Å². The van der Waals surface area contributed by atoms with Crippen molar-refractivity contribution in [3.63, 3.8) is 0 Å². The van der Waals surface area contributed by atoms with E-state index in [1.807, 2.05) is 0 Å². The highest BCUT2D eigenvalue weighted by Gasteiger charge is 2.11. The van der Waals surface area contributed by atoms with E-state index in [1.165, 1.54) is 0 Å². The second-order valence-corrected chi connectivity index (χ2v) is 17.6. The van der Waals surface area contributed by atoms with E-state index in [1.54, 1.807) is 0 Å². The third kappa shape index (κ3) is 25.0. The monoisotopic (exact) mass is 254 g/mol. The molecule has 0 nitrogen and oxygen atoms in total. The first-order valence-corrected chi connectivity index (χ1v) is 13.2. The van der Waals surface area contributed by atoms with Crippen molar-refractivity contribution in [1.82, 2.24) is 0 Å². The fourth-order valence-corrected chi connectivity index (χ4v) is 2.64. The fourth-order valence-electron chi connectivity index (χ4n) is 0.881. The van der Waals surface area contributed by atoms with Crippen LogP contribution in [0.4, 0.5) is 8.78 Å². The maximum atomic E-state index is 11.5. The molecule has 0 unspecified atom stereocenters. The molecule has 0 aromatic carbocycles. The summed E-state index contributed by atoms with van der Waals surface area (Å²) in [6, 6.07) is 1.94. The average molecular weight is 255 g/mol. The summed E-state index contributed by atoms with van der Waals surface area (Å²) in [5.74, 6) is 0. The van der Waals surface area contributed by atoms with Crippen molar-refractivity contribution < 1.29 is 8.78 Å². The molecule has 0 atom stereocenters. The Morgan fingerprint density at radius 3 is 1.13 bits per heavy atom. The zero-order valence-corrected chi connectivity index (χ0v) is 13.3. The third-order valence-electron chi connectivity index (χ3n) is 1.90. The van der Waals surface area contributed by atoms with Crippen molar-refractivity contribution in [3.05, 3.63) is 0 Å². The second-order valence-electron chi connectivity index (χ2n) is 6.35. The van der Waals surface area contributed by atoms with E-state index in [4.69, 9.17) is 0 Å². The molecule has 0 radical (unpaired) electrons. The van der Waals surface area contributed by atoms with Crippen LogP contribution in [0.25, 0.3) is 0 Å². The first-order valence-electron chi connectivity index (χ1n) is 5.74. The van der Waals surface area contributed by atoms with E-state index in [0.29, 0.717) is 0 Å². The van der Waals surface area contributed by atoms with Crippen molar-refractivity contribution in [1.29, 1.82) is 0 Å². The lowest BCUT2D eigenvalue weighted by Crippen LogP contribution is -2.19. The Morgan fingerprint density at radius 1 is 0.667 bits per heavy atom. The van der Waals surface area contributed by atoms with Gasteiger partial charge in [0.15, 0.2) is 0 Å². The molecule has 0 aliphatic heterocycles. The predicted octanol–water partition coefficient (Wildman–Crippen LogP) is 4.98. The van der Waals surface area contributed by atoms with Crippen LogP contribution in [0, 0.1) is 0 Å². The topological polar surface area (TPSA) is 0 Å². The molecule has 15 heavy (non-hydrogen) atoms. The van der Waals surface area contributed by atoms with Crippen molar-refractivity contribution in [2.75, 3.05) is 13.3 Å².